The topological polar surface area (TPSA) is 88.1 Å². The number of rotatable bonds is 5. The summed E-state index contributed by atoms with van der Waals surface area (Å²) < 4.78 is 1.72. The van der Waals surface area contributed by atoms with E-state index in [1.807, 2.05) is 45.2 Å². The van der Waals surface area contributed by atoms with Gasteiger partial charge in [0.2, 0.25) is 11.8 Å². The Labute approximate surface area is 171 Å². The van der Waals surface area contributed by atoms with Gasteiger partial charge in [-0.2, -0.15) is 5.10 Å². The van der Waals surface area contributed by atoms with E-state index in [0.717, 1.165) is 35.5 Å². The van der Waals surface area contributed by atoms with Gasteiger partial charge in [0.25, 0.3) is 0 Å². The average molecular weight is 406 g/mol. The second-order valence-electron chi connectivity index (χ2n) is 7.24. The first-order valence-corrected chi connectivity index (χ1v) is 9.29. The number of amides is 2. The van der Waals surface area contributed by atoms with Crippen LogP contribution in [0.1, 0.15) is 29.5 Å². The smallest absolute Gasteiger partial charge is 0.248 e. The summed E-state index contributed by atoms with van der Waals surface area (Å²) in [6.45, 7) is 7.37. The van der Waals surface area contributed by atoms with Gasteiger partial charge < -0.3 is 16.0 Å². The molecule has 3 N–H and O–H groups in total. The van der Waals surface area contributed by atoms with Crippen molar-refractivity contribution in [3.63, 3.8) is 0 Å². The molecule has 28 heavy (non-hydrogen) atoms. The van der Waals surface area contributed by atoms with E-state index in [1.165, 1.54) is 0 Å². The predicted octanol–water partition coefficient (Wildman–Crippen LogP) is 2.06. The van der Waals surface area contributed by atoms with Gasteiger partial charge >= 0.3 is 0 Å². The second-order valence-corrected chi connectivity index (χ2v) is 7.24. The van der Waals surface area contributed by atoms with Crippen molar-refractivity contribution in [2.45, 2.75) is 39.2 Å². The number of aromatic nitrogens is 2. The standard InChI is InChI=1S/C20H27N5O2.ClH/c1-14-11-15(2)18(16(3)12-14)24-17(26)13-22-19(27)20(5-8-21-9-6-20)25-10-4-7-23-25;/h4,7,10-12,21H,5-6,8-9,13H2,1-3H3,(H,22,27)(H,24,26);1H. The van der Waals surface area contributed by atoms with Crippen LogP contribution in [0.4, 0.5) is 5.69 Å². The van der Waals surface area contributed by atoms with E-state index in [0.29, 0.717) is 12.8 Å². The van der Waals surface area contributed by atoms with Gasteiger partial charge in [0.15, 0.2) is 0 Å². The first-order valence-electron chi connectivity index (χ1n) is 9.29. The van der Waals surface area contributed by atoms with Crippen molar-refractivity contribution < 1.29 is 9.59 Å². The van der Waals surface area contributed by atoms with Gasteiger partial charge in [-0.25, -0.2) is 0 Å². The molecule has 0 atom stereocenters. The lowest BCUT2D eigenvalue weighted by Gasteiger charge is -2.36. The molecule has 0 aliphatic carbocycles. The van der Waals surface area contributed by atoms with Crippen molar-refractivity contribution in [3.8, 4) is 0 Å². The van der Waals surface area contributed by atoms with Gasteiger partial charge in [-0.15, -0.1) is 12.4 Å². The Morgan fingerprint density at radius 3 is 2.39 bits per heavy atom. The number of carbonyl (C=O) groups is 2. The van der Waals surface area contributed by atoms with Crippen molar-refractivity contribution in [1.29, 1.82) is 0 Å². The monoisotopic (exact) mass is 405 g/mol. The van der Waals surface area contributed by atoms with Crippen LogP contribution in [0.25, 0.3) is 0 Å². The van der Waals surface area contributed by atoms with E-state index in [1.54, 1.807) is 10.9 Å². The molecule has 1 fully saturated rings. The molecular weight excluding hydrogens is 378 g/mol. The molecule has 3 rings (SSSR count). The molecule has 0 spiro atoms. The highest BCUT2D eigenvalue weighted by Crippen LogP contribution is 2.27. The third-order valence-electron chi connectivity index (χ3n) is 5.15. The Morgan fingerprint density at radius 1 is 1.18 bits per heavy atom. The van der Waals surface area contributed by atoms with E-state index in [9.17, 15) is 9.59 Å². The Morgan fingerprint density at radius 2 is 1.82 bits per heavy atom. The van der Waals surface area contributed by atoms with Gasteiger partial charge in [0.1, 0.15) is 5.54 Å². The van der Waals surface area contributed by atoms with Crippen LogP contribution in [0, 0.1) is 20.8 Å². The van der Waals surface area contributed by atoms with E-state index < -0.39 is 5.54 Å². The molecule has 1 aliphatic rings. The highest BCUT2D eigenvalue weighted by atomic mass is 35.5. The van der Waals surface area contributed by atoms with Gasteiger partial charge in [-0.05, 0) is 63.9 Å². The van der Waals surface area contributed by atoms with Crippen molar-refractivity contribution in [3.05, 3.63) is 47.3 Å². The van der Waals surface area contributed by atoms with Crippen LogP contribution in [0.2, 0.25) is 0 Å². The molecule has 0 saturated carbocycles. The normalized spacial score (nSPS) is 15.4. The van der Waals surface area contributed by atoms with Crippen LogP contribution in [0.5, 0.6) is 0 Å². The Balaban J connectivity index is 0.00000280. The molecule has 2 aromatic rings. The van der Waals surface area contributed by atoms with Gasteiger partial charge in [0, 0.05) is 18.1 Å². The minimum Gasteiger partial charge on any atom is -0.345 e. The number of benzene rings is 1. The number of hydrogen-bond donors (Lipinski definition) is 3. The maximum absolute atomic E-state index is 13.0. The van der Waals surface area contributed by atoms with Gasteiger partial charge in [-0.3, -0.25) is 14.3 Å². The lowest BCUT2D eigenvalue weighted by molar-refractivity contribution is -0.133. The number of nitrogens with one attached hydrogen (secondary N) is 3. The molecular formula is C20H28ClN5O2. The summed E-state index contributed by atoms with van der Waals surface area (Å²) in [5, 5.41) is 13.3. The first-order chi connectivity index (χ1) is 12.9. The van der Waals surface area contributed by atoms with E-state index in [-0.39, 0.29) is 30.8 Å². The summed E-state index contributed by atoms with van der Waals surface area (Å²) in [6, 6.07) is 5.87. The zero-order valence-electron chi connectivity index (χ0n) is 16.5. The molecule has 0 radical (unpaired) electrons. The SMILES string of the molecule is Cc1cc(C)c(NC(=O)CNC(=O)C2(n3cccn3)CCNCC2)c(C)c1.Cl. The van der Waals surface area contributed by atoms with Crippen LogP contribution in [0.3, 0.4) is 0 Å². The molecule has 0 bridgehead atoms. The zero-order chi connectivity index (χ0) is 19.4. The van der Waals surface area contributed by atoms with Crippen molar-refractivity contribution >= 4 is 29.9 Å². The van der Waals surface area contributed by atoms with Crippen LogP contribution in [0.15, 0.2) is 30.6 Å². The average Bonchev–Trinajstić information content (AvgIpc) is 3.18. The molecule has 1 aromatic heterocycles. The maximum atomic E-state index is 13.0. The highest BCUT2D eigenvalue weighted by Gasteiger charge is 2.41. The van der Waals surface area contributed by atoms with Gasteiger partial charge in [-0.1, -0.05) is 17.7 Å². The van der Waals surface area contributed by atoms with Crippen LogP contribution in [-0.4, -0.2) is 41.2 Å². The lowest BCUT2D eigenvalue weighted by Crippen LogP contribution is -2.55. The number of carbonyl (C=O) groups excluding carboxylic acids is 2. The third-order valence-corrected chi connectivity index (χ3v) is 5.15. The summed E-state index contributed by atoms with van der Waals surface area (Å²) in [5.41, 5.74) is 3.24. The number of anilines is 1. The molecule has 152 valence electrons. The Kier molecular flexibility index (Phi) is 7.21. The molecule has 1 aliphatic heterocycles. The zero-order valence-corrected chi connectivity index (χ0v) is 17.4. The predicted molar refractivity (Wildman–Crippen MR) is 112 cm³/mol. The number of aryl methyl sites for hydroxylation is 3. The van der Waals surface area contributed by atoms with Crippen LogP contribution < -0.4 is 16.0 Å². The summed E-state index contributed by atoms with van der Waals surface area (Å²) >= 11 is 0. The summed E-state index contributed by atoms with van der Waals surface area (Å²) in [4.78, 5) is 25.4. The van der Waals surface area contributed by atoms with Crippen LogP contribution in [-0.2, 0) is 15.1 Å². The maximum Gasteiger partial charge on any atom is 0.248 e. The van der Waals surface area contributed by atoms with Gasteiger partial charge in [0.05, 0.1) is 6.54 Å². The van der Waals surface area contributed by atoms with Crippen molar-refractivity contribution in [2.24, 2.45) is 0 Å². The second kappa shape index (κ2) is 9.21. The Hall–Kier alpha value is -2.38. The molecule has 1 aromatic carbocycles. The Bertz CT molecular complexity index is 806. The number of hydrogen-bond acceptors (Lipinski definition) is 4. The van der Waals surface area contributed by atoms with E-state index >= 15 is 0 Å². The highest BCUT2D eigenvalue weighted by molar-refractivity contribution is 5.96. The number of piperidine rings is 1. The summed E-state index contributed by atoms with van der Waals surface area (Å²) in [7, 11) is 0. The first kappa shape index (κ1) is 21.9. The summed E-state index contributed by atoms with van der Waals surface area (Å²) in [6.07, 6.45) is 4.76. The number of nitrogens with zero attached hydrogens (tertiary/aromatic N) is 2. The fraction of sp³-hybridized carbons (Fsp3) is 0.450. The molecule has 2 heterocycles. The van der Waals surface area contributed by atoms with E-state index in [2.05, 4.69) is 21.0 Å². The quantitative estimate of drug-likeness (QED) is 0.710. The van der Waals surface area contributed by atoms with Crippen molar-refractivity contribution in [2.75, 3.05) is 25.0 Å². The molecule has 0 unspecified atom stereocenters. The molecule has 2 amide bonds. The lowest BCUT2D eigenvalue weighted by atomic mass is 9.87. The molecule has 7 nitrogen and oxygen atoms in total. The van der Waals surface area contributed by atoms with E-state index in [4.69, 9.17) is 0 Å². The third kappa shape index (κ3) is 4.54. The minimum absolute atomic E-state index is 0. The number of halogens is 1. The largest absolute Gasteiger partial charge is 0.345 e. The molecule has 8 heteroatoms. The molecule has 1 saturated heterocycles. The minimum atomic E-state index is -0.745. The fourth-order valence-electron chi connectivity index (χ4n) is 3.81. The van der Waals surface area contributed by atoms with Crippen LogP contribution >= 0.6 is 12.4 Å². The fourth-order valence-corrected chi connectivity index (χ4v) is 3.81. The summed E-state index contributed by atoms with van der Waals surface area (Å²) in [5.74, 6) is -0.400. The van der Waals surface area contributed by atoms with Crippen molar-refractivity contribution in [1.82, 2.24) is 20.4 Å².